The molecule has 0 aliphatic heterocycles. The molecular weight excluding hydrogens is 334 g/mol. The van der Waals surface area contributed by atoms with Crippen LogP contribution in [0.3, 0.4) is 0 Å². The van der Waals surface area contributed by atoms with Crippen LogP contribution >= 0.6 is 0 Å². The van der Waals surface area contributed by atoms with E-state index in [2.05, 4.69) is 17.0 Å². The lowest BCUT2D eigenvalue weighted by atomic mass is 10.2. The first-order valence-electron chi connectivity index (χ1n) is 8.46. The van der Waals surface area contributed by atoms with Crippen molar-refractivity contribution in [1.82, 2.24) is 0 Å². The molecule has 0 unspecified atom stereocenters. The number of methoxy groups -OCH3 is 1. The number of esters is 1. The van der Waals surface area contributed by atoms with Crippen molar-refractivity contribution in [3.63, 3.8) is 0 Å². The molecule has 0 fully saturated rings. The monoisotopic (exact) mass is 357 g/mol. The summed E-state index contributed by atoms with van der Waals surface area (Å²) >= 11 is 0. The fraction of sp³-hybridized carbons (Fsp3) is 0.300. The lowest BCUT2D eigenvalue weighted by Gasteiger charge is -2.09. The van der Waals surface area contributed by atoms with Gasteiger partial charge in [-0.25, -0.2) is 4.79 Å². The Balaban J connectivity index is 1.78. The van der Waals surface area contributed by atoms with Crippen molar-refractivity contribution in [1.29, 1.82) is 0 Å². The van der Waals surface area contributed by atoms with E-state index in [9.17, 15) is 9.59 Å². The number of nitrogens with one attached hydrogen (secondary N) is 1. The summed E-state index contributed by atoms with van der Waals surface area (Å²) in [4.78, 5) is 23.3. The Morgan fingerprint density at radius 2 is 1.54 bits per heavy atom. The first-order chi connectivity index (χ1) is 12.6. The number of hydrogen-bond acceptors (Lipinski definition) is 5. The summed E-state index contributed by atoms with van der Waals surface area (Å²) in [6, 6.07) is 13.6. The van der Waals surface area contributed by atoms with Crippen molar-refractivity contribution in [2.45, 2.75) is 19.8 Å². The van der Waals surface area contributed by atoms with Gasteiger partial charge in [0, 0.05) is 5.69 Å². The smallest absolute Gasteiger partial charge is 0.337 e. The SMILES string of the molecule is CCCCOc1ccc(OCC(=O)Nc2ccc(C(=O)OC)cc2)cc1. The Morgan fingerprint density at radius 3 is 2.12 bits per heavy atom. The number of amides is 1. The predicted octanol–water partition coefficient (Wildman–Crippen LogP) is 3.67. The maximum absolute atomic E-state index is 11.9. The summed E-state index contributed by atoms with van der Waals surface area (Å²) in [5, 5.41) is 2.70. The molecule has 0 saturated carbocycles. The summed E-state index contributed by atoms with van der Waals surface area (Å²) in [5.74, 6) is 0.650. The molecule has 0 bridgehead atoms. The molecular formula is C20H23NO5. The first kappa shape index (κ1) is 19.3. The minimum Gasteiger partial charge on any atom is -0.494 e. The number of hydrogen-bond donors (Lipinski definition) is 1. The van der Waals surface area contributed by atoms with E-state index in [4.69, 9.17) is 9.47 Å². The van der Waals surface area contributed by atoms with Gasteiger partial charge < -0.3 is 19.5 Å². The Kier molecular flexibility index (Phi) is 7.49. The fourth-order valence-electron chi connectivity index (χ4n) is 2.12. The van der Waals surface area contributed by atoms with Crippen LogP contribution in [0, 0.1) is 0 Å². The van der Waals surface area contributed by atoms with Crippen LogP contribution in [0.2, 0.25) is 0 Å². The zero-order valence-corrected chi connectivity index (χ0v) is 15.0. The molecule has 0 atom stereocenters. The molecule has 2 aromatic rings. The number of carbonyl (C=O) groups excluding carboxylic acids is 2. The second kappa shape index (κ2) is 10.1. The Morgan fingerprint density at radius 1 is 0.923 bits per heavy atom. The Labute approximate surface area is 153 Å². The van der Waals surface area contributed by atoms with Crippen LogP contribution in [0.4, 0.5) is 5.69 Å². The third-order valence-electron chi connectivity index (χ3n) is 3.55. The van der Waals surface area contributed by atoms with Gasteiger partial charge in [-0.3, -0.25) is 4.79 Å². The molecule has 6 nitrogen and oxygen atoms in total. The first-order valence-corrected chi connectivity index (χ1v) is 8.46. The van der Waals surface area contributed by atoms with E-state index in [0.29, 0.717) is 23.6 Å². The number of anilines is 1. The topological polar surface area (TPSA) is 73.9 Å². The summed E-state index contributed by atoms with van der Waals surface area (Å²) in [6.07, 6.45) is 2.10. The fourth-order valence-corrected chi connectivity index (χ4v) is 2.12. The summed E-state index contributed by atoms with van der Waals surface area (Å²) in [6.45, 7) is 2.68. The highest BCUT2D eigenvalue weighted by Gasteiger charge is 2.07. The predicted molar refractivity (Wildman–Crippen MR) is 98.8 cm³/mol. The maximum atomic E-state index is 11.9. The van der Waals surface area contributed by atoms with Crippen molar-refractivity contribution in [2.75, 3.05) is 25.6 Å². The van der Waals surface area contributed by atoms with E-state index in [-0.39, 0.29) is 12.5 Å². The van der Waals surface area contributed by atoms with Gasteiger partial charge in [-0.1, -0.05) is 13.3 Å². The van der Waals surface area contributed by atoms with E-state index in [0.717, 1.165) is 18.6 Å². The van der Waals surface area contributed by atoms with E-state index in [1.165, 1.54) is 7.11 Å². The van der Waals surface area contributed by atoms with Gasteiger partial charge in [-0.05, 0) is 55.0 Å². The normalized spacial score (nSPS) is 10.1. The molecule has 138 valence electrons. The minimum absolute atomic E-state index is 0.116. The maximum Gasteiger partial charge on any atom is 0.337 e. The van der Waals surface area contributed by atoms with Crippen molar-refractivity contribution < 1.29 is 23.8 Å². The average Bonchev–Trinajstić information content (AvgIpc) is 2.67. The Hall–Kier alpha value is -3.02. The van der Waals surface area contributed by atoms with Gasteiger partial charge in [0.2, 0.25) is 0 Å². The average molecular weight is 357 g/mol. The number of ether oxygens (including phenoxy) is 3. The van der Waals surface area contributed by atoms with Gasteiger partial charge in [0.25, 0.3) is 5.91 Å². The van der Waals surface area contributed by atoms with Crippen molar-refractivity contribution in [3.05, 3.63) is 54.1 Å². The van der Waals surface area contributed by atoms with E-state index in [1.54, 1.807) is 36.4 Å². The van der Waals surface area contributed by atoms with Gasteiger partial charge in [-0.15, -0.1) is 0 Å². The second-order valence-corrected chi connectivity index (χ2v) is 5.58. The van der Waals surface area contributed by atoms with Crippen LogP contribution in [-0.4, -0.2) is 32.2 Å². The van der Waals surface area contributed by atoms with E-state index >= 15 is 0 Å². The van der Waals surface area contributed by atoms with Gasteiger partial charge in [0.05, 0.1) is 19.3 Å². The van der Waals surface area contributed by atoms with Crippen LogP contribution in [0.25, 0.3) is 0 Å². The minimum atomic E-state index is -0.423. The number of unbranched alkanes of at least 4 members (excludes halogenated alkanes) is 1. The standard InChI is InChI=1S/C20H23NO5/c1-3-4-13-25-17-9-11-18(12-10-17)26-14-19(22)21-16-7-5-15(6-8-16)20(23)24-2/h5-12H,3-4,13-14H2,1-2H3,(H,21,22). The molecule has 6 heteroatoms. The highest BCUT2D eigenvalue weighted by molar-refractivity contribution is 5.93. The van der Waals surface area contributed by atoms with Crippen LogP contribution in [-0.2, 0) is 9.53 Å². The van der Waals surface area contributed by atoms with Crippen molar-refractivity contribution in [3.8, 4) is 11.5 Å². The zero-order chi connectivity index (χ0) is 18.8. The molecule has 0 spiro atoms. The van der Waals surface area contributed by atoms with Crippen LogP contribution in [0.1, 0.15) is 30.1 Å². The summed E-state index contributed by atoms with van der Waals surface area (Å²) in [7, 11) is 1.32. The van der Waals surface area contributed by atoms with Gasteiger partial charge in [0.15, 0.2) is 6.61 Å². The molecule has 0 saturated heterocycles. The molecule has 26 heavy (non-hydrogen) atoms. The van der Waals surface area contributed by atoms with Gasteiger partial charge >= 0.3 is 5.97 Å². The Bertz CT molecular complexity index is 710. The quantitative estimate of drug-likeness (QED) is 0.547. The molecule has 1 N–H and O–H groups in total. The lowest BCUT2D eigenvalue weighted by Crippen LogP contribution is -2.20. The zero-order valence-electron chi connectivity index (χ0n) is 15.0. The largest absolute Gasteiger partial charge is 0.494 e. The molecule has 0 aliphatic rings. The lowest BCUT2D eigenvalue weighted by molar-refractivity contribution is -0.118. The van der Waals surface area contributed by atoms with E-state index < -0.39 is 5.97 Å². The molecule has 2 aromatic carbocycles. The van der Waals surface area contributed by atoms with Crippen molar-refractivity contribution >= 4 is 17.6 Å². The van der Waals surface area contributed by atoms with Crippen LogP contribution < -0.4 is 14.8 Å². The molecule has 1 amide bonds. The molecule has 2 rings (SSSR count). The number of rotatable bonds is 9. The van der Waals surface area contributed by atoms with Gasteiger partial charge in [0.1, 0.15) is 11.5 Å². The summed E-state index contributed by atoms with van der Waals surface area (Å²) in [5.41, 5.74) is 0.994. The number of benzene rings is 2. The van der Waals surface area contributed by atoms with Crippen molar-refractivity contribution in [2.24, 2.45) is 0 Å². The van der Waals surface area contributed by atoms with Gasteiger partial charge in [-0.2, -0.15) is 0 Å². The van der Waals surface area contributed by atoms with E-state index in [1.807, 2.05) is 12.1 Å². The molecule has 0 aromatic heterocycles. The third kappa shape index (κ3) is 6.12. The molecule has 0 aliphatic carbocycles. The van der Waals surface area contributed by atoms with Crippen LogP contribution in [0.5, 0.6) is 11.5 Å². The third-order valence-corrected chi connectivity index (χ3v) is 3.55. The highest BCUT2D eigenvalue weighted by atomic mass is 16.5. The second-order valence-electron chi connectivity index (χ2n) is 5.58. The van der Waals surface area contributed by atoms with Crippen LogP contribution in [0.15, 0.2) is 48.5 Å². The molecule has 0 radical (unpaired) electrons. The molecule has 0 heterocycles. The highest BCUT2D eigenvalue weighted by Crippen LogP contribution is 2.18. The summed E-state index contributed by atoms with van der Waals surface area (Å²) < 4.78 is 15.7. The number of carbonyl (C=O) groups is 2.